The number of thiazole rings is 1. The number of hydrogen-bond donors (Lipinski definition) is 0. The highest BCUT2D eigenvalue weighted by molar-refractivity contribution is 7.07. The van der Waals surface area contributed by atoms with Gasteiger partial charge in [0.2, 0.25) is 0 Å². The summed E-state index contributed by atoms with van der Waals surface area (Å²) in [5.41, 5.74) is 2.49. The first-order valence-corrected chi connectivity index (χ1v) is 10.8. The number of ether oxygens (including phenoxy) is 1. The number of halogens is 1. The maximum atomic E-state index is 13.3. The fourth-order valence-electron chi connectivity index (χ4n) is 3.39. The van der Waals surface area contributed by atoms with Gasteiger partial charge < -0.3 is 4.74 Å². The molecule has 1 aliphatic rings. The number of methoxy groups -OCH3 is 1. The van der Waals surface area contributed by atoms with Gasteiger partial charge in [-0.25, -0.2) is 9.79 Å². The predicted molar refractivity (Wildman–Crippen MR) is 124 cm³/mol. The van der Waals surface area contributed by atoms with Crippen molar-refractivity contribution in [2.24, 2.45) is 4.99 Å². The Hall–Kier alpha value is -3.22. The lowest BCUT2D eigenvalue weighted by molar-refractivity contribution is -0.136. The van der Waals surface area contributed by atoms with E-state index in [2.05, 4.69) is 4.99 Å². The van der Waals surface area contributed by atoms with Crippen LogP contribution in [0.3, 0.4) is 0 Å². The molecule has 3 aromatic rings. The van der Waals surface area contributed by atoms with Crippen molar-refractivity contribution in [3.8, 4) is 0 Å². The minimum absolute atomic E-state index is 0.213. The Labute approximate surface area is 187 Å². The van der Waals surface area contributed by atoms with E-state index in [1.54, 1.807) is 29.7 Å². The molecule has 0 aliphatic carbocycles. The molecule has 31 heavy (non-hydrogen) atoms. The summed E-state index contributed by atoms with van der Waals surface area (Å²) in [5.74, 6) is -0.504. The number of fused-ring (bicyclic) bond motifs is 1. The van der Waals surface area contributed by atoms with Crippen LogP contribution < -0.4 is 14.9 Å². The van der Waals surface area contributed by atoms with E-state index in [1.165, 1.54) is 18.4 Å². The zero-order valence-corrected chi connectivity index (χ0v) is 18.5. The average Bonchev–Trinajstić information content (AvgIpc) is 3.08. The van der Waals surface area contributed by atoms with Crippen LogP contribution in [0.25, 0.3) is 12.2 Å². The molecule has 0 amide bonds. The predicted octanol–water partition coefficient (Wildman–Crippen LogP) is 3.73. The van der Waals surface area contributed by atoms with E-state index in [1.807, 2.05) is 54.6 Å². The summed E-state index contributed by atoms with van der Waals surface area (Å²) in [7, 11) is 1.33. The van der Waals surface area contributed by atoms with Gasteiger partial charge in [0.1, 0.15) is 0 Å². The van der Waals surface area contributed by atoms with Gasteiger partial charge in [-0.15, -0.1) is 0 Å². The van der Waals surface area contributed by atoms with Crippen molar-refractivity contribution in [2.75, 3.05) is 7.11 Å². The van der Waals surface area contributed by atoms with Crippen LogP contribution in [-0.2, 0) is 9.53 Å². The number of nitrogens with zero attached hydrogens (tertiary/aromatic N) is 2. The molecule has 0 spiro atoms. The molecule has 156 valence electrons. The van der Waals surface area contributed by atoms with Gasteiger partial charge in [0.25, 0.3) is 5.56 Å². The van der Waals surface area contributed by atoms with Crippen molar-refractivity contribution in [3.05, 3.63) is 108 Å². The first-order valence-electron chi connectivity index (χ1n) is 9.57. The molecule has 0 bridgehead atoms. The fourth-order valence-corrected chi connectivity index (χ4v) is 4.58. The van der Waals surface area contributed by atoms with E-state index in [0.717, 1.165) is 11.1 Å². The molecule has 7 heteroatoms. The lowest BCUT2D eigenvalue weighted by Crippen LogP contribution is -2.38. The Morgan fingerprint density at radius 2 is 1.84 bits per heavy atom. The lowest BCUT2D eigenvalue weighted by Gasteiger charge is -2.21. The summed E-state index contributed by atoms with van der Waals surface area (Å²) >= 11 is 7.25. The summed E-state index contributed by atoms with van der Waals surface area (Å²) in [6.07, 6.45) is 5.53. The van der Waals surface area contributed by atoms with Gasteiger partial charge in [0.05, 0.1) is 29.0 Å². The third-order valence-electron chi connectivity index (χ3n) is 4.91. The molecule has 0 fully saturated rings. The first-order chi connectivity index (χ1) is 15.0. The van der Waals surface area contributed by atoms with E-state index in [-0.39, 0.29) is 5.56 Å². The monoisotopic (exact) mass is 450 g/mol. The first kappa shape index (κ1) is 21.0. The number of carbonyl (C=O) groups excluding carboxylic acids is 1. The second-order valence-corrected chi connectivity index (χ2v) is 8.38. The fraction of sp³-hybridized carbons (Fsp3) is 0.125. The van der Waals surface area contributed by atoms with Gasteiger partial charge in [-0.2, -0.15) is 0 Å². The van der Waals surface area contributed by atoms with E-state index >= 15 is 0 Å². The minimum Gasteiger partial charge on any atom is -0.466 e. The van der Waals surface area contributed by atoms with Gasteiger partial charge >= 0.3 is 5.97 Å². The largest absolute Gasteiger partial charge is 0.466 e. The van der Waals surface area contributed by atoms with Gasteiger partial charge in [-0.1, -0.05) is 77.6 Å². The molecule has 1 aliphatic heterocycles. The van der Waals surface area contributed by atoms with Crippen molar-refractivity contribution >= 4 is 41.1 Å². The molecule has 2 aromatic carbocycles. The van der Waals surface area contributed by atoms with Crippen LogP contribution >= 0.6 is 22.9 Å². The van der Waals surface area contributed by atoms with Crippen LogP contribution in [0.1, 0.15) is 24.1 Å². The number of benzene rings is 2. The molecule has 0 radical (unpaired) electrons. The normalized spacial score (nSPS) is 16.4. The molecular weight excluding hydrogens is 432 g/mol. The molecule has 1 atom stereocenters. The van der Waals surface area contributed by atoms with Crippen molar-refractivity contribution in [3.63, 3.8) is 0 Å². The van der Waals surface area contributed by atoms with E-state index in [0.29, 0.717) is 25.6 Å². The number of rotatable bonds is 4. The van der Waals surface area contributed by atoms with Crippen molar-refractivity contribution in [1.29, 1.82) is 0 Å². The Balaban J connectivity index is 1.88. The number of hydrogen-bond acceptors (Lipinski definition) is 5. The molecule has 0 unspecified atom stereocenters. The smallest absolute Gasteiger partial charge is 0.338 e. The standard InChI is InChI=1S/C24H19ClN2O3S/c1-15-21(23(29)30-2)19(13-10-16-6-4-3-5-7-16)27-22(28)20(31-24(27)26-15)14-17-8-11-18(25)12-9-17/h3-14,19H,1-2H3/b13-10+,20-14+/t19-/m0/s1. The third-order valence-corrected chi connectivity index (χ3v) is 6.14. The molecule has 5 nitrogen and oxygen atoms in total. The molecule has 0 saturated carbocycles. The van der Waals surface area contributed by atoms with Gasteiger partial charge in [-0.05, 0) is 36.3 Å². The highest BCUT2D eigenvalue weighted by Gasteiger charge is 2.29. The van der Waals surface area contributed by atoms with E-state index in [9.17, 15) is 9.59 Å². The summed E-state index contributed by atoms with van der Waals surface area (Å²) < 4.78 is 7.06. The Kier molecular flexibility index (Phi) is 6.02. The zero-order valence-electron chi connectivity index (χ0n) is 16.9. The second kappa shape index (κ2) is 8.88. The van der Waals surface area contributed by atoms with Crippen LogP contribution in [0.2, 0.25) is 5.02 Å². The Morgan fingerprint density at radius 3 is 2.52 bits per heavy atom. The molecular formula is C24H19ClN2O3S. The topological polar surface area (TPSA) is 60.7 Å². The minimum atomic E-state index is -0.615. The maximum Gasteiger partial charge on any atom is 0.338 e. The van der Waals surface area contributed by atoms with Crippen LogP contribution in [0.4, 0.5) is 0 Å². The number of aromatic nitrogens is 1. The quantitative estimate of drug-likeness (QED) is 0.569. The zero-order chi connectivity index (χ0) is 22.0. The summed E-state index contributed by atoms with van der Waals surface area (Å²) in [6.45, 7) is 1.76. The molecule has 4 rings (SSSR count). The van der Waals surface area contributed by atoms with Crippen LogP contribution in [-0.4, -0.2) is 17.6 Å². The van der Waals surface area contributed by atoms with Crippen LogP contribution in [0.5, 0.6) is 0 Å². The van der Waals surface area contributed by atoms with E-state index in [4.69, 9.17) is 16.3 Å². The molecule has 0 saturated heterocycles. The van der Waals surface area contributed by atoms with Crippen molar-refractivity contribution < 1.29 is 9.53 Å². The second-order valence-electron chi connectivity index (χ2n) is 6.94. The molecule has 1 aromatic heterocycles. The van der Waals surface area contributed by atoms with Gasteiger partial charge in [0.15, 0.2) is 4.80 Å². The Bertz CT molecular complexity index is 1370. The van der Waals surface area contributed by atoms with Crippen LogP contribution in [0.15, 0.2) is 81.7 Å². The van der Waals surface area contributed by atoms with Crippen molar-refractivity contribution in [1.82, 2.24) is 4.57 Å². The lowest BCUT2D eigenvalue weighted by atomic mass is 10.0. The highest BCUT2D eigenvalue weighted by Crippen LogP contribution is 2.26. The highest BCUT2D eigenvalue weighted by atomic mass is 35.5. The van der Waals surface area contributed by atoms with Crippen LogP contribution in [0, 0.1) is 0 Å². The van der Waals surface area contributed by atoms with Gasteiger partial charge in [-0.3, -0.25) is 9.36 Å². The van der Waals surface area contributed by atoms with E-state index < -0.39 is 12.0 Å². The summed E-state index contributed by atoms with van der Waals surface area (Å²) in [4.78, 5) is 30.9. The molecule has 2 heterocycles. The third kappa shape index (κ3) is 4.31. The molecule has 0 N–H and O–H groups in total. The van der Waals surface area contributed by atoms with Gasteiger partial charge in [0, 0.05) is 5.02 Å². The average molecular weight is 451 g/mol. The SMILES string of the molecule is COC(=O)C1=C(C)N=c2s/c(=C/c3ccc(Cl)cc3)c(=O)n2[C@H]1/C=C/c1ccccc1. The summed E-state index contributed by atoms with van der Waals surface area (Å²) in [6, 6.07) is 16.3. The maximum absolute atomic E-state index is 13.3. The Morgan fingerprint density at radius 1 is 1.13 bits per heavy atom. The van der Waals surface area contributed by atoms with Crippen molar-refractivity contribution in [2.45, 2.75) is 13.0 Å². The number of esters is 1. The number of carbonyl (C=O) groups is 1. The number of allylic oxidation sites excluding steroid dienone is 2. The summed E-state index contributed by atoms with van der Waals surface area (Å²) in [5, 5.41) is 0.628.